The second-order valence-electron chi connectivity index (χ2n) is 4.82. The highest BCUT2D eigenvalue weighted by Gasteiger charge is 1.99. The van der Waals surface area contributed by atoms with E-state index in [4.69, 9.17) is 0 Å². The van der Waals surface area contributed by atoms with Crippen LogP contribution in [-0.4, -0.2) is 24.0 Å². The van der Waals surface area contributed by atoms with E-state index in [-0.39, 0.29) is 29.8 Å². The van der Waals surface area contributed by atoms with Crippen LogP contribution in [0.3, 0.4) is 0 Å². The van der Waals surface area contributed by atoms with Crippen molar-refractivity contribution in [1.29, 1.82) is 0 Å². The fraction of sp³-hybridized carbons (Fsp3) is 0.294. The third-order valence-corrected chi connectivity index (χ3v) is 3.08. The number of benzene rings is 1. The van der Waals surface area contributed by atoms with Gasteiger partial charge < -0.3 is 10.6 Å². The number of nitrogens with one attached hydrogen (secondary N) is 2. The summed E-state index contributed by atoms with van der Waals surface area (Å²) in [5.74, 6) is 0.524. The van der Waals surface area contributed by atoms with Gasteiger partial charge in [-0.2, -0.15) is 0 Å². The van der Waals surface area contributed by atoms with Gasteiger partial charge in [0.05, 0.1) is 6.54 Å². The molecular formula is C17H22FIN4. The van der Waals surface area contributed by atoms with Gasteiger partial charge in [-0.3, -0.25) is 4.98 Å². The standard InChI is InChI=1S/C17H21FN4.HI/c1-2-19-17(21-12-10-16-5-3-4-11-20-16)22-13-14-6-8-15(18)9-7-14;/h3-9,11H,2,10,12-13H2,1H3,(H2,19,21,22);1H. The van der Waals surface area contributed by atoms with Gasteiger partial charge >= 0.3 is 0 Å². The predicted octanol–water partition coefficient (Wildman–Crippen LogP) is 3.14. The van der Waals surface area contributed by atoms with E-state index in [0.717, 1.165) is 36.7 Å². The third kappa shape index (κ3) is 7.40. The molecule has 124 valence electrons. The normalized spacial score (nSPS) is 10.8. The minimum atomic E-state index is -0.229. The van der Waals surface area contributed by atoms with Crippen molar-refractivity contribution < 1.29 is 4.39 Å². The van der Waals surface area contributed by atoms with Crippen LogP contribution in [-0.2, 0) is 13.0 Å². The van der Waals surface area contributed by atoms with Gasteiger partial charge in [-0.25, -0.2) is 9.38 Å². The number of aliphatic imine (C=N–C) groups is 1. The van der Waals surface area contributed by atoms with Gasteiger partial charge in [0.25, 0.3) is 0 Å². The Bertz CT molecular complexity index is 587. The van der Waals surface area contributed by atoms with E-state index >= 15 is 0 Å². The van der Waals surface area contributed by atoms with Crippen LogP contribution in [0.5, 0.6) is 0 Å². The lowest BCUT2D eigenvalue weighted by molar-refractivity contribution is 0.627. The summed E-state index contributed by atoms with van der Waals surface area (Å²) >= 11 is 0. The summed E-state index contributed by atoms with van der Waals surface area (Å²) in [5, 5.41) is 6.47. The molecule has 2 rings (SSSR count). The molecule has 0 aliphatic carbocycles. The lowest BCUT2D eigenvalue weighted by atomic mass is 10.2. The van der Waals surface area contributed by atoms with Crippen LogP contribution >= 0.6 is 24.0 Å². The first-order valence-electron chi connectivity index (χ1n) is 7.44. The zero-order valence-corrected chi connectivity index (χ0v) is 15.5. The number of hydrogen-bond acceptors (Lipinski definition) is 2. The molecule has 0 fully saturated rings. The zero-order chi connectivity index (χ0) is 15.6. The molecule has 0 aliphatic rings. The van der Waals surface area contributed by atoms with Crippen molar-refractivity contribution in [3.05, 3.63) is 65.7 Å². The van der Waals surface area contributed by atoms with Crippen LogP contribution in [0.15, 0.2) is 53.7 Å². The van der Waals surface area contributed by atoms with Gasteiger partial charge in [-0.05, 0) is 36.8 Å². The molecule has 0 aliphatic heterocycles. The molecule has 2 aromatic rings. The van der Waals surface area contributed by atoms with E-state index in [1.165, 1.54) is 12.1 Å². The molecule has 4 nitrogen and oxygen atoms in total. The molecule has 0 atom stereocenters. The summed E-state index contributed by atoms with van der Waals surface area (Å²) in [6, 6.07) is 12.3. The molecule has 0 bridgehead atoms. The van der Waals surface area contributed by atoms with Crippen LogP contribution in [0.4, 0.5) is 4.39 Å². The number of nitrogens with zero attached hydrogens (tertiary/aromatic N) is 2. The topological polar surface area (TPSA) is 49.3 Å². The smallest absolute Gasteiger partial charge is 0.191 e. The van der Waals surface area contributed by atoms with Crippen molar-refractivity contribution in [3.8, 4) is 0 Å². The van der Waals surface area contributed by atoms with E-state index in [1.807, 2.05) is 25.1 Å². The Morgan fingerprint density at radius 1 is 1.13 bits per heavy atom. The Hall–Kier alpha value is -1.70. The Kier molecular flexibility index (Phi) is 9.20. The molecular weight excluding hydrogens is 406 g/mol. The van der Waals surface area contributed by atoms with Crippen molar-refractivity contribution in [2.24, 2.45) is 4.99 Å². The monoisotopic (exact) mass is 428 g/mol. The van der Waals surface area contributed by atoms with E-state index in [1.54, 1.807) is 18.3 Å². The van der Waals surface area contributed by atoms with Crippen LogP contribution < -0.4 is 10.6 Å². The fourth-order valence-corrected chi connectivity index (χ4v) is 1.96. The molecule has 1 aromatic heterocycles. The highest BCUT2D eigenvalue weighted by atomic mass is 127. The van der Waals surface area contributed by atoms with Crippen LogP contribution in [0.1, 0.15) is 18.2 Å². The molecule has 1 aromatic carbocycles. The highest BCUT2D eigenvalue weighted by Crippen LogP contribution is 2.03. The molecule has 0 unspecified atom stereocenters. The average Bonchev–Trinajstić information content (AvgIpc) is 2.55. The quantitative estimate of drug-likeness (QED) is 0.423. The lowest BCUT2D eigenvalue weighted by Gasteiger charge is -2.11. The molecule has 6 heteroatoms. The van der Waals surface area contributed by atoms with Gasteiger partial charge in [0.1, 0.15) is 5.82 Å². The highest BCUT2D eigenvalue weighted by molar-refractivity contribution is 14.0. The van der Waals surface area contributed by atoms with Crippen LogP contribution in [0, 0.1) is 5.82 Å². The van der Waals surface area contributed by atoms with Gasteiger partial charge in [0, 0.05) is 31.4 Å². The summed E-state index contributed by atoms with van der Waals surface area (Å²) in [4.78, 5) is 8.78. The van der Waals surface area contributed by atoms with Gasteiger partial charge in [-0.15, -0.1) is 24.0 Å². The van der Waals surface area contributed by atoms with Gasteiger partial charge in [0.2, 0.25) is 0 Å². The fourth-order valence-electron chi connectivity index (χ4n) is 1.96. The first-order valence-corrected chi connectivity index (χ1v) is 7.44. The number of pyridine rings is 1. The molecule has 0 amide bonds. The van der Waals surface area contributed by atoms with Crippen molar-refractivity contribution in [2.75, 3.05) is 13.1 Å². The minimum Gasteiger partial charge on any atom is -0.357 e. The van der Waals surface area contributed by atoms with E-state index < -0.39 is 0 Å². The summed E-state index contributed by atoms with van der Waals surface area (Å²) in [6.07, 6.45) is 2.63. The van der Waals surface area contributed by atoms with Crippen LogP contribution in [0.25, 0.3) is 0 Å². The molecule has 0 saturated heterocycles. The lowest BCUT2D eigenvalue weighted by Crippen LogP contribution is -2.38. The molecule has 0 saturated carbocycles. The zero-order valence-electron chi connectivity index (χ0n) is 13.1. The van der Waals surface area contributed by atoms with E-state index in [9.17, 15) is 4.39 Å². The first kappa shape index (κ1) is 19.3. The van der Waals surface area contributed by atoms with Crippen molar-refractivity contribution >= 4 is 29.9 Å². The predicted molar refractivity (Wildman–Crippen MR) is 103 cm³/mol. The number of hydrogen-bond donors (Lipinski definition) is 2. The number of halogens is 2. The van der Waals surface area contributed by atoms with Crippen molar-refractivity contribution in [2.45, 2.75) is 19.9 Å². The Labute approximate surface area is 153 Å². The molecule has 2 N–H and O–H groups in total. The summed E-state index contributed by atoms with van der Waals surface area (Å²) < 4.78 is 12.9. The summed E-state index contributed by atoms with van der Waals surface area (Å²) in [6.45, 7) is 4.08. The first-order chi connectivity index (χ1) is 10.8. The maximum Gasteiger partial charge on any atom is 0.191 e. The Balaban J connectivity index is 0.00000264. The maximum absolute atomic E-state index is 12.9. The molecule has 0 radical (unpaired) electrons. The Morgan fingerprint density at radius 2 is 1.91 bits per heavy atom. The summed E-state index contributed by atoms with van der Waals surface area (Å²) in [5.41, 5.74) is 2.02. The number of rotatable bonds is 6. The van der Waals surface area contributed by atoms with Crippen LogP contribution in [0.2, 0.25) is 0 Å². The Morgan fingerprint density at radius 3 is 2.57 bits per heavy atom. The minimum absolute atomic E-state index is 0. The second kappa shape index (κ2) is 10.9. The molecule has 1 heterocycles. The van der Waals surface area contributed by atoms with E-state index in [0.29, 0.717) is 6.54 Å². The summed E-state index contributed by atoms with van der Waals surface area (Å²) in [7, 11) is 0. The molecule has 0 spiro atoms. The van der Waals surface area contributed by atoms with Gasteiger partial charge in [-0.1, -0.05) is 18.2 Å². The van der Waals surface area contributed by atoms with E-state index in [2.05, 4.69) is 20.6 Å². The average molecular weight is 428 g/mol. The number of aromatic nitrogens is 1. The number of guanidine groups is 1. The van der Waals surface area contributed by atoms with Crippen molar-refractivity contribution in [3.63, 3.8) is 0 Å². The van der Waals surface area contributed by atoms with Crippen molar-refractivity contribution in [1.82, 2.24) is 15.6 Å². The third-order valence-electron chi connectivity index (χ3n) is 3.08. The SMILES string of the molecule is CCNC(=NCc1ccc(F)cc1)NCCc1ccccn1.I. The maximum atomic E-state index is 12.9. The largest absolute Gasteiger partial charge is 0.357 e. The molecule has 23 heavy (non-hydrogen) atoms. The second-order valence-corrected chi connectivity index (χ2v) is 4.82. The van der Waals surface area contributed by atoms with Gasteiger partial charge in [0.15, 0.2) is 5.96 Å².